The van der Waals surface area contributed by atoms with Gasteiger partial charge in [-0.05, 0) is 35.0 Å². The molecule has 0 aliphatic heterocycles. The van der Waals surface area contributed by atoms with Crippen LogP contribution in [0.5, 0.6) is 5.75 Å². The van der Waals surface area contributed by atoms with Crippen molar-refractivity contribution in [2.45, 2.75) is 6.92 Å². The minimum Gasteiger partial charge on any atom is -0.495 e. The molecule has 1 aromatic carbocycles. The lowest BCUT2D eigenvalue weighted by Gasteiger charge is -2.08. The molecule has 0 aromatic heterocycles. The van der Waals surface area contributed by atoms with Crippen LogP contribution in [0.3, 0.4) is 0 Å². The van der Waals surface area contributed by atoms with E-state index in [1.54, 1.807) is 7.11 Å². The molecule has 0 aliphatic carbocycles. The van der Waals surface area contributed by atoms with Crippen molar-refractivity contribution in [2.24, 2.45) is 0 Å². The molecule has 0 saturated carbocycles. The SMILES string of the molecule is COc1c(Br)ccc(N)c1C. The second kappa shape index (κ2) is 3.13. The number of nitrogens with two attached hydrogens (primary N) is 1. The first-order valence-electron chi connectivity index (χ1n) is 3.25. The van der Waals surface area contributed by atoms with Gasteiger partial charge in [0.15, 0.2) is 0 Å². The van der Waals surface area contributed by atoms with Crippen molar-refractivity contribution in [3.05, 3.63) is 22.2 Å². The van der Waals surface area contributed by atoms with Crippen LogP contribution < -0.4 is 10.5 Å². The van der Waals surface area contributed by atoms with E-state index in [1.165, 1.54) is 0 Å². The maximum atomic E-state index is 5.66. The van der Waals surface area contributed by atoms with E-state index in [2.05, 4.69) is 15.9 Å². The molecule has 11 heavy (non-hydrogen) atoms. The number of benzene rings is 1. The molecule has 2 nitrogen and oxygen atoms in total. The quantitative estimate of drug-likeness (QED) is 0.731. The summed E-state index contributed by atoms with van der Waals surface area (Å²) in [5.41, 5.74) is 7.39. The van der Waals surface area contributed by atoms with Crippen LogP contribution in [0.25, 0.3) is 0 Å². The predicted molar refractivity (Wildman–Crippen MR) is 49.8 cm³/mol. The Kier molecular flexibility index (Phi) is 2.39. The van der Waals surface area contributed by atoms with Crippen molar-refractivity contribution in [1.29, 1.82) is 0 Å². The largest absolute Gasteiger partial charge is 0.495 e. The van der Waals surface area contributed by atoms with Gasteiger partial charge in [0.1, 0.15) is 5.75 Å². The number of rotatable bonds is 1. The zero-order valence-electron chi connectivity index (χ0n) is 6.52. The van der Waals surface area contributed by atoms with Crippen LogP contribution in [0.1, 0.15) is 5.56 Å². The summed E-state index contributed by atoms with van der Waals surface area (Å²) in [5, 5.41) is 0. The molecule has 0 spiro atoms. The molecule has 1 aromatic rings. The lowest BCUT2D eigenvalue weighted by Crippen LogP contribution is -1.94. The van der Waals surface area contributed by atoms with Crippen LogP contribution in [-0.2, 0) is 0 Å². The van der Waals surface area contributed by atoms with Gasteiger partial charge in [0.2, 0.25) is 0 Å². The summed E-state index contributed by atoms with van der Waals surface area (Å²) in [5.74, 6) is 0.810. The van der Waals surface area contributed by atoms with Crippen LogP contribution in [0, 0.1) is 6.92 Å². The number of methoxy groups -OCH3 is 1. The standard InChI is InChI=1S/C8H10BrNO/c1-5-7(10)4-3-6(9)8(5)11-2/h3-4H,10H2,1-2H3. The molecule has 0 radical (unpaired) electrons. The fraction of sp³-hybridized carbons (Fsp3) is 0.250. The van der Waals surface area contributed by atoms with Crippen LogP contribution in [0.15, 0.2) is 16.6 Å². The van der Waals surface area contributed by atoms with Gasteiger partial charge < -0.3 is 10.5 Å². The monoisotopic (exact) mass is 215 g/mol. The van der Waals surface area contributed by atoms with Crippen molar-refractivity contribution in [3.8, 4) is 5.75 Å². The van der Waals surface area contributed by atoms with Gasteiger partial charge in [0.05, 0.1) is 11.6 Å². The molecular formula is C8H10BrNO. The molecule has 0 atom stereocenters. The highest BCUT2D eigenvalue weighted by molar-refractivity contribution is 9.10. The minimum absolute atomic E-state index is 0.755. The van der Waals surface area contributed by atoms with Crippen LogP contribution in [0.4, 0.5) is 5.69 Å². The number of nitrogen functional groups attached to an aromatic ring is 1. The first-order chi connectivity index (χ1) is 5.16. The molecule has 2 N–H and O–H groups in total. The van der Waals surface area contributed by atoms with Gasteiger partial charge in [0.25, 0.3) is 0 Å². The van der Waals surface area contributed by atoms with Crippen LogP contribution >= 0.6 is 15.9 Å². The zero-order chi connectivity index (χ0) is 8.43. The van der Waals surface area contributed by atoms with E-state index in [0.29, 0.717) is 0 Å². The highest BCUT2D eigenvalue weighted by Crippen LogP contribution is 2.31. The minimum atomic E-state index is 0.755. The van der Waals surface area contributed by atoms with Crippen LogP contribution in [0.2, 0.25) is 0 Å². The molecule has 0 fully saturated rings. The number of hydrogen-bond donors (Lipinski definition) is 1. The van der Waals surface area contributed by atoms with E-state index < -0.39 is 0 Å². The van der Waals surface area contributed by atoms with Gasteiger partial charge in [-0.1, -0.05) is 0 Å². The van der Waals surface area contributed by atoms with Crippen molar-refractivity contribution in [2.75, 3.05) is 12.8 Å². The van der Waals surface area contributed by atoms with Crippen molar-refractivity contribution >= 4 is 21.6 Å². The molecule has 0 unspecified atom stereocenters. The number of ether oxygens (including phenoxy) is 1. The summed E-state index contributed by atoms with van der Waals surface area (Å²) >= 11 is 3.36. The molecule has 0 aliphatic rings. The summed E-state index contributed by atoms with van der Waals surface area (Å²) in [6, 6.07) is 3.73. The second-order valence-electron chi connectivity index (χ2n) is 2.29. The number of hydrogen-bond acceptors (Lipinski definition) is 2. The van der Waals surface area contributed by atoms with E-state index in [9.17, 15) is 0 Å². The van der Waals surface area contributed by atoms with Gasteiger partial charge >= 0.3 is 0 Å². The Morgan fingerprint density at radius 2 is 2.09 bits per heavy atom. The van der Waals surface area contributed by atoms with E-state index in [1.807, 2.05) is 19.1 Å². The maximum Gasteiger partial charge on any atom is 0.137 e. The topological polar surface area (TPSA) is 35.2 Å². The van der Waals surface area contributed by atoms with E-state index in [-0.39, 0.29) is 0 Å². The van der Waals surface area contributed by atoms with E-state index >= 15 is 0 Å². The smallest absolute Gasteiger partial charge is 0.137 e. The summed E-state index contributed by atoms with van der Waals surface area (Å²) in [7, 11) is 1.63. The molecule has 0 saturated heterocycles. The van der Waals surface area contributed by atoms with Crippen molar-refractivity contribution < 1.29 is 4.74 Å². The van der Waals surface area contributed by atoms with Gasteiger partial charge in [-0.3, -0.25) is 0 Å². The predicted octanol–water partition coefficient (Wildman–Crippen LogP) is 2.35. The Morgan fingerprint density at radius 1 is 1.45 bits per heavy atom. The van der Waals surface area contributed by atoms with Gasteiger partial charge in [-0.2, -0.15) is 0 Å². The highest BCUT2D eigenvalue weighted by Gasteiger charge is 2.05. The zero-order valence-corrected chi connectivity index (χ0v) is 8.10. The lowest BCUT2D eigenvalue weighted by atomic mass is 10.2. The molecule has 60 valence electrons. The fourth-order valence-electron chi connectivity index (χ4n) is 0.924. The number of anilines is 1. The second-order valence-corrected chi connectivity index (χ2v) is 3.15. The fourth-order valence-corrected chi connectivity index (χ4v) is 1.52. The van der Waals surface area contributed by atoms with E-state index in [4.69, 9.17) is 10.5 Å². The maximum absolute atomic E-state index is 5.66. The Balaban J connectivity index is 3.29. The lowest BCUT2D eigenvalue weighted by molar-refractivity contribution is 0.409. The molecular weight excluding hydrogens is 206 g/mol. The van der Waals surface area contributed by atoms with Crippen molar-refractivity contribution in [1.82, 2.24) is 0 Å². The van der Waals surface area contributed by atoms with Crippen molar-refractivity contribution in [3.63, 3.8) is 0 Å². The molecule has 0 amide bonds. The van der Waals surface area contributed by atoms with Gasteiger partial charge in [-0.15, -0.1) is 0 Å². The normalized spacial score (nSPS) is 9.73. The average molecular weight is 216 g/mol. The molecule has 0 heterocycles. The molecule has 3 heteroatoms. The Bertz CT molecular complexity index is 273. The van der Waals surface area contributed by atoms with Crippen LogP contribution in [-0.4, -0.2) is 7.11 Å². The third-order valence-electron chi connectivity index (χ3n) is 1.60. The summed E-state index contributed by atoms with van der Waals surface area (Å²) in [6.07, 6.45) is 0. The van der Waals surface area contributed by atoms with E-state index in [0.717, 1.165) is 21.5 Å². The molecule has 0 bridgehead atoms. The highest BCUT2D eigenvalue weighted by atomic mass is 79.9. The first-order valence-corrected chi connectivity index (χ1v) is 4.04. The summed E-state index contributed by atoms with van der Waals surface area (Å²) in [6.45, 7) is 1.93. The third kappa shape index (κ3) is 1.48. The van der Waals surface area contributed by atoms with Gasteiger partial charge in [-0.25, -0.2) is 0 Å². The Labute approximate surface area is 74.5 Å². The Morgan fingerprint density at radius 3 is 2.55 bits per heavy atom. The summed E-state index contributed by atoms with van der Waals surface area (Å²) in [4.78, 5) is 0. The Hall–Kier alpha value is -0.700. The third-order valence-corrected chi connectivity index (χ3v) is 2.23. The summed E-state index contributed by atoms with van der Waals surface area (Å²) < 4.78 is 6.07. The molecule has 1 rings (SSSR count). The first kappa shape index (κ1) is 8.40. The van der Waals surface area contributed by atoms with Gasteiger partial charge in [0, 0.05) is 11.3 Å². The number of halogens is 1. The average Bonchev–Trinajstić information content (AvgIpc) is 1.99.